The van der Waals surface area contributed by atoms with E-state index in [0.717, 1.165) is 21.9 Å². The van der Waals surface area contributed by atoms with Gasteiger partial charge in [-0.05, 0) is 63.4 Å². The number of benzene rings is 3. The summed E-state index contributed by atoms with van der Waals surface area (Å²) in [4.78, 5) is 28.6. The number of nitrogens with zero attached hydrogens (tertiary/aromatic N) is 2. The van der Waals surface area contributed by atoms with E-state index in [9.17, 15) is 18.0 Å². The zero-order chi connectivity index (χ0) is 29.3. The molecular formula is C31H39N3O5S. The second kappa shape index (κ2) is 14.0. The quantitative estimate of drug-likeness (QED) is 0.328. The van der Waals surface area contributed by atoms with Gasteiger partial charge in [0, 0.05) is 18.7 Å². The van der Waals surface area contributed by atoms with Gasteiger partial charge in [0.25, 0.3) is 10.0 Å². The monoisotopic (exact) mass is 565 g/mol. The fourth-order valence-electron chi connectivity index (χ4n) is 4.17. The van der Waals surface area contributed by atoms with Crippen molar-refractivity contribution < 1.29 is 22.7 Å². The molecule has 8 nitrogen and oxygen atoms in total. The van der Waals surface area contributed by atoms with Crippen LogP contribution in [0.3, 0.4) is 0 Å². The lowest BCUT2D eigenvalue weighted by Crippen LogP contribution is -2.53. The molecule has 40 heavy (non-hydrogen) atoms. The standard InChI is InChI=1S/C31H39N3O5S/c1-6-24(3)32-31(36)25(4)33(20-19-26-11-8-7-9-12-26)30(35)22-34(27-13-10-14-28(21-27)39-5)40(37,38)29-17-15-23(2)16-18-29/h7-18,21,24-25H,6,19-20,22H2,1-5H3,(H,32,36). The van der Waals surface area contributed by atoms with Crippen LogP contribution in [0.1, 0.15) is 38.3 Å². The maximum Gasteiger partial charge on any atom is 0.264 e. The van der Waals surface area contributed by atoms with E-state index in [1.807, 2.05) is 51.1 Å². The molecule has 0 heterocycles. The minimum absolute atomic E-state index is 0.0591. The average molecular weight is 566 g/mol. The van der Waals surface area contributed by atoms with E-state index >= 15 is 0 Å². The Labute approximate surface area is 238 Å². The summed E-state index contributed by atoms with van der Waals surface area (Å²) in [5, 5.41) is 2.94. The van der Waals surface area contributed by atoms with Crippen LogP contribution in [0.15, 0.2) is 83.8 Å². The fourth-order valence-corrected chi connectivity index (χ4v) is 5.57. The number of anilines is 1. The number of rotatable bonds is 13. The molecule has 3 aromatic carbocycles. The molecule has 0 bridgehead atoms. The number of hydrogen-bond donors (Lipinski definition) is 1. The first-order chi connectivity index (χ1) is 19.1. The Morgan fingerprint density at radius 2 is 1.62 bits per heavy atom. The molecule has 0 saturated heterocycles. The van der Waals surface area contributed by atoms with Gasteiger partial charge in [0.15, 0.2) is 0 Å². The highest BCUT2D eigenvalue weighted by atomic mass is 32.2. The van der Waals surface area contributed by atoms with Gasteiger partial charge in [0.05, 0.1) is 17.7 Å². The van der Waals surface area contributed by atoms with Crippen molar-refractivity contribution in [2.24, 2.45) is 0 Å². The van der Waals surface area contributed by atoms with Crippen molar-refractivity contribution >= 4 is 27.5 Å². The summed E-state index contributed by atoms with van der Waals surface area (Å²) in [6, 6.07) is 21.8. The van der Waals surface area contributed by atoms with E-state index in [2.05, 4.69) is 5.32 Å². The number of aryl methyl sites for hydroxylation is 1. The first kappa shape index (κ1) is 30.7. The Bertz CT molecular complexity index is 1380. The normalized spacial score (nSPS) is 12.7. The van der Waals surface area contributed by atoms with Gasteiger partial charge in [-0.3, -0.25) is 13.9 Å². The molecule has 0 aromatic heterocycles. The summed E-state index contributed by atoms with van der Waals surface area (Å²) in [5.41, 5.74) is 2.20. The molecule has 2 unspecified atom stereocenters. The van der Waals surface area contributed by atoms with Crippen LogP contribution in [-0.4, -0.2) is 57.4 Å². The van der Waals surface area contributed by atoms with Crippen molar-refractivity contribution in [2.45, 2.75) is 57.5 Å². The molecule has 0 aliphatic rings. The highest BCUT2D eigenvalue weighted by molar-refractivity contribution is 7.92. The summed E-state index contributed by atoms with van der Waals surface area (Å²) in [6.07, 6.45) is 1.26. The van der Waals surface area contributed by atoms with Gasteiger partial charge >= 0.3 is 0 Å². The molecule has 9 heteroatoms. The number of hydrogen-bond acceptors (Lipinski definition) is 5. The second-order valence-electron chi connectivity index (χ2n) is 9.84. The largest absolute Gasteiger partial charge is 0.497 e. The average Bonchev–Trinajstić information content (AvgIpc) is 2.96. The Morgan fingerprint density at radius 1 is 0.950 bits per heavy atom. The molecule has 3 aromatic rings. The number of carbonyl (C=O) groups is 2. The van der Waals surface area contributed by atoms with Crippen LogP contribution >= 0.6 is 0 Å². The van der Waals surface area contributed by atoms with Gasteiger partial charge in [-0.2, -0.15) is 0 Å². The van der Waals surface area contributed by atoms with Crippen LogP contribution in [0.4, 0.5) is 5.69 Å². The van der Waals surface area contributed by atoms with Crippen LogP contribution in [0, 0.1) is 6.92 Å². The van der Waals surface area contributed by atoms with Crippen molar-refractivity contribution in [1.82, 2.24) is 10.2 Å². The Morgan fingerprint density at radius 3 is 2.25 bits per heavy atom. The lowest BCUT2D eigenvalue weighted by molar-refractivity contribution is -0.139. The maximum absolute atomic E-state index is 13.9. The van der Waals surface area contributed by atoms with E-state index in [-0.39, 0.29) is 29.1 Å². The second-order valence-corrected chi connectivity index (χ2v) is 11.7. The highest BCUT2D eigenvalue weighted by Gasteiger charge is 2.32. The molecule has 0 aliphatic carbocycles. The lowest BCUT2D eigenvalue weighted by atomic mass is 10.1. The van der Waals surface area contributed by atoms with Gasteiger partial charge in [-0.25, -0.2) is 8.42 Å². The van der Waals surface area contributed by atoms with Gasteiger partial charge < -0.3 is 15.0 Å². The number of methoxy groups -OCH3 is 1. The summed E-state index contributed by atoms with van der Waals surface area (Å²) in [7, 11) is -2.64. The summed E-state index contributed by atoms with van der Waals surface area (Å²) >= 11 is 0. The van der Waals surface area contributed by atoms with Crippen molar-refractivity contribution in [3.63, 3.8) is 0 Å². The van der Waals surface area contributed by atoms with E-state index < -0.39 is 28.5 Å². The molecule has 0 spiro atoms. The molecule has 0 saturated carbocycles. The van der Waals surface area contributed by atoms with E-state index in [0.29, 0.717) is 12.2 Å². The third kappa shape index (κ3) is 7.85. The molecule has 0 radical (unpaired) electrons. The van der Waals surface area contributed by atoms with E-state index in [1.54, 1.807) is 43.3 Å². The topological polar surface area (TPSA) is 96.0 Å². The number of nitrogens with one attached hydrogen (secondary N) is 1. The predicted molar refractivity (Wildman–Crippen MR) is 158 cm³/mol. The molecular weight excluding hydrogens is 526 g/mol. The third-order valence-electron chi connectivity index (χ3n) is 6.88. The van der Waals surface area contributed by atoms with Gasteiger partial charge in [-0.1, -0.05) is 61.0 Å². The van der Waals surface area contributed by atoms with Gasteiger partial charge in [-0.15, -0.1) is 0 Å². The number of carbonyl (C=O) groups excluding carboxylic acids is 2. The van der Waals surface area contributed by atoms with Crippen LogP contribution in [0.5, 0.6) is 5.75 Å². The summed E-state index contributed by atoms with van der Waals surface area (Å²) < 4.78 is 34.2. The number of amides is 2. The number of ether oxygens (including phenoxy) is 1. The summed E-state index contributed by atoms with van der Waals surface area (Å²) in [6.45, 7) is 7.17. The molecule has 214 valence electrons. The van der Waals surface area contributed by atoms with Gasteiger partial charge in [0.2, 0.25) is 11.8 Å². The molecule has 0 aliphatic heterocycles. The lowest BCUT2D eigenvalue weighted by Gasteiger charge is -2.32. The zero-order valence-electron chi connectivity index (χ0n) is 23.8. The minimum Gasteiger partial charge on any atom is -0.497 e. The third-order valence-corrected chi connectivity index (χ3v) is 8.67. The van der Waals surface area contributed by atoms with Crippen LogP contribution in [0.2, 0.25) is 0 Å². The smallest absolute Gasteiger partial charge is 0.264 e. The first-order valence-corrected chi connectivity index (χ1v) is 14.9. The number of sulfonamides is 1. The summed E-state index contributed by atoms with van der Waals surface area (Å²) in [5.74, 6) is -0.317. The zero-order valence-corrected chi connectivity index (χ0v) is 24.6. The highest BCUT2D eigenvalue weighted by Crippen LogP contribution is 2.27. The molecule has 3 rings (SSSR count). The Hall–Kier alpha value is -3.85. The van der Waals surface area contributed by atoms with E-state index in [4.69, 9.17) is 4.74 Å². The first-order valence-electron chi connectivity index (χ1n) is 13.4. The van der Waals surface area contributed by atoms with Gasteiger partial charge in [0.1, 0.15) is 18.3 Å². The van der Waals surface area contributed by atoms with Crippen molar-refractivity contribution in [2.75, 3.05) is 24.5 Å². The van der Waals surface area contributed by atoms with Crippen LogP contribution in [-0.2, 0) is 26.0 Å². The molecule has 2 atom stereocenters. The SMILES string of the molecule is CCC(C)NC(=O)C(C)N(CCc1ccccc1)C(=O)CN(c1cccc(OC)c1)S(=O)(=O)c1ccc(C)cc1. The Kier molecular flexibility index (Phi) is 10.7. The molecule has 1 N–H and O–H groups in total. The molecule has 0 fully saturated rings. The van der Waals surface area contributed by atoms with E-state index in [1.165, 1.54) is 24.1 Å². The Balaban J connectivity index is 1.99. The van der Waals surface area contributed by atoms with Crippen LogP contribution in [0.25, 0.3) is 0 Å². The maximum atomic E-state index is 13.9. The van der Waals surface area contributed by atoms with Crippen LogP contribution < -0.4 is 14.4 Å². The van der Waals surface area contributed by atoms with Crippen molar-refractivity contribution in [3.8, 4) is 5.75 Å². The fraction of sp³-hybridized carbons (Fsp3) is 0.355. The van der Waals surface area contributed by atoms with Crippen molar-refractivity contribution in [1.29, 1.82) is 0 Å². The molecule has 2 amide bonds. The minimum atomic E-state index is -4.13. The predicted octanol–water partition coefficient (Wildman–Crippen LogP) is 4.57. The van der Waals surface area contributed by atoms with Crippen molar-refractivity contribution in [3.05, 3.63) is 90.0 Å².